The van der Waals surface area contributed by atoms with Gasteiger partial charge in [-0.15, -0.1) is 0 Å². The summed E-state index contributed by atoms with van der Waals surface area (Å²) >= 11 is 0. The number of aryl methyl sites for hydroxylation is 2. The molecule has 0 saturated carbocycles. The summed E-state index contributed by atoms with van der Waals surface area (Å²) in [6.07, 6.45) is 11.2. The van der Waals surface area contributed by atoms with Gasteiger partial charge in [0.25, 0.3) is 5.91 Å². The molecule has 1 atom stereocenters. The van der Waals surface area contributed by atoms with Crippen LogP contribution in [0.4, 0.5) is 33.6 Å². The highest BCUT2D eigenvalue weighted by molar-refractivity contribution is 6.09. The summed E-state index contributed by atoms with van der Waals surface area (Å²) in [5, 5.41) is 6.13. The molecule has 1 aliphatic heterocycles. The molecule has 3 heterocycles. The Hall–Kier alpha value is -6.95. The molecule has 59 heavy (non-hydrogen) atoms. The van der Waals surface area contributed by atoms with Gasteiger partial charge in [0.1, 0.15) is 11.9 Å². The van der Waals surface area contributed by atoms with Gasteiger partial charge in [0.15, 0.2) is 0 Å². The number of hydrogen-bond acceptors (Lipinski definition) is 8. The quantitative estimate of drug-likeness (QED) is 0.101. The molecule has 0 fully saturated rings. The standard InChI is InChI=1S/C47H51N9O3/c1-7-15-40(36-18-12-9-13-19-36)52-41(26-32(2)3)45(58)55(30-35-16-10-8-11-17-35)25-14-20-43(57)50-38-23-21-33(4)42(27-38)56-31-37-28-49-46(53-44(37)54(6)47(56)59)51-39-24-22-34(5)48-29-39/h7-19,21-25,27-29,32,41H,20,26,30-31H2,1-6H3,(H,50,57)(H,49,51,53)/b15-7+,25-14+,52-40?/t41-/m0/s1. The Morgan fingerprint density at radius 1 is 0.932 bits per heavy atom. The van der Waals surface area contributed by atoms with Crippen LogP contribution in [0.5, 0.6) is 0 Å². The molecule has 2 aromatic heterocycles. The largest absolute Gasteiger partial charge is 0.330 e. The molecule has 12 heteroatoms. The van der Waals surface area contributed by atoms with Gasteiger partial charge in [-0.2, -0.15) is 4.98 Å². The summed E-state index contributed by atoms with van der Waals surface area (Å²) in [6, 6.07) is 28.0. The lowest BCUT2D eigenvalue weighted by molar-refractivity contribution is -0.130. The molecule has 1 aliphatic rings. The lowest BCUT2D eigenvalue weighted by Crippen LogP contribution is -2.46. The topological polar surface area (TPSA) is 136 Å². The molecule has 0 bridgehead atoms. The highest BCUT2D eigenvalue weighted by Crippen LogP contribution is 2.33. The second kappa shape index (κ2) is 19.5. The first-order chi connectivity index (χ1) is 28.5. The molecule has 0 radical (unpaired) electrons. The maximum absolute atomic E-state index is 14.4. The van der Waals surface area contributed by atoms with Crippen LogP contribution in [-0.2, 0) is 22.7 Å². The number of anilines is 5. The van der Waals surface area contributed by atoms with Gasteiger partial charge in [-0.3, -0.25) is 29.4 Å². The van der Waals surface area contributed by atoms with Crippen LogP contribution in [0.25, 0.3) is 0 Å². The first-order valence-electron chi connectivity index (χ1n) is 19.8. The predicted molar refractivity (Wildman–Crippen MR) is 236 cm³/mol. The molecule has 5 aromatic rings. The van der Waals surface area contributed by atoms with Crippen molar-refractivity contribution in [2.75, 3.05) is 27.5 Å². The van der Waals surface area contributed by atoms with E-state index in [1.165, 1.54) is 4.90 Å². The van der Waals surface area contributed by atoms with E-state index in [4.69, 9.17) is 4.99 Å². The first-order valence-corrected chi connectivity index (χ1v) is 19.8. The van der Waals surface area contributed by atoms with Gasteiger partial charge in [0, 0.05) is 42.8 Å². The number of nitrogens with zero attached hydrogens (tertiary/aromatic N) is 7. The van der Waals surface area contributed by atoms with Crippen molar-refractivity contribution in [2.45, 2.75) is 66.6 Å². The number of aromatic nitrogens is 3. The molecule has 0 spiro atoms. The normalized spacial score (nSPS) is 13.5. The molecule has 302 valence electrons. The zero-order valence-corrected chi connectivity index (χ0v) is 34.5. The average Bonchev–Trinajstić information content (AvgIpc) is 3.23. The molecular formula is C47H51N9O3. The minimum Gasteiger partial charge on any atom is -0.326 e. The Morgan fingerprint density at radius 3 is 2.36 bits per heavy atom. The first kappa shape index (κ1) is 41.7. The summed E-state index contributed by atoms with van der Waals surface area (Å²) in [4.78, 5) is 64.8. The molecule has 0 unspecified atom stereocenters. The van der Waals surface area contributed by atoms with E-state index in [0.29, 0.717) is 36.1 Å². The van der Waals surface area contributed by atoms with Crippen LogP contribution in [0.15, 0.2) is 133 Å². The van der Waals surface area contributed by atoms with Crippen LogP contribution in [0.2, 0.25) is 0 Å². The Kier molecular flexibility index (Phi) is 13.8. The highest BCUT2D eigenvalue weighted by Gasteiger charge is 2.32. The van der Waals surface area contributed by atoms with Crippen LogP contribution < -0.4 is 20.4 Å². The van der Waals surface area contributed by atoms with Gasteiger partial charge < -0.3 is 15.5 Å². The lowest BCUT2D eigenvalue weighted by atomic mass is 10.0. The maximum atomic E-state index is 14.4. The minimum atomic E-state index is -0.639. The molecule has 12 nitrogen and oxygen atoms in total. The maximum Gasteiger partial charge on any atom is 0.330 e. The number of carbonyl (C=O) groups is 3. The number of amides is 4. The van der Waals surface area contributed by atoms with Crippen molar-refractivity contribution in [1.82, 2.24) is 19.9 Å². The number of rotatable bonds is 15. The summed E-state index contributed by atoms with van der Waals surface area (Å²) < 4.78 is 0. The third kappa shape index (κ3) is 10.9. The van der Waals surface area contributed by atoms with Crippen molar-refractivity contribution in [3.05, 3.63) is 156 Å². The summed E-state index contributed by atoms with van der Waals surface area (Å²) in [5.41, 5.74) is 7.08. The Labute approximate surface area is 346 Å². The Morgan fingerprint density at radius 2 is 1.66 bits per heavy atom. The molecule has 0 saturated heterocycles. The zero-order valence-electron chi connectivity index (χ0n) is 34.5. The summed E-state index contributed by atoms with van der Waals surface area (Å²) in [5.74, 6) is 0.651. The number of urea groups is 1. The monoisotopic (exact) mass is 789 g/mol. The summed E-state index contributed by atoms with van der Waals surface area (Å²) in [7, 11) is 1.68. The van der Waals surface area contributed by atoms with Crippen LogP contribution >= 0.6 is 0 Å². The third-order valence-corrected chi connectivity index (χ3v) is 9.69. The van der Waals surface area contributed by atoms with E-state index in [1.807, 2.05) is 118 Å². The van der Waals surface area contributed by atoms with Gasteiger partial charge in [-0.25, -0.2) is 9.78 Å². The van der Waals surface area contributed by atoms with E-state index in [1.54, 1.807) is 47.6 Å². The SMILES string of the molecule is C/C=C/C(=N[C@@H](CC(C)C)C(=O)N(/C=C/CC(=O)Nc1ccc(C)c(N2Cc3cnc(Nc4ccc(C)nc4)nc3N(C)C2=O)c1)Cc1ccccc1)c1ccccc1. The fraction of sp³-hybridized carbons (Fsp3) is 0.255. The van der Waals surface area contributed by atoms with E-state index in [2.05, 4.69) is 39.4 Å². The number of pyridine rings is 1. The average molecular weight is 790 g/mol. The molecule has 2 N–H and O–H groups in total. The van der Waals surface area contributed by atoms with E-state index >= 15 is 0 Å². The number of nitrogens with one attached hydrogen (secondary N) is 2. The number of aliphatic imine (C=N–C) groups is 1. The van der Waals surface area contributed by atoms with E-state index in [0.717, 1.165) is 39.3 Å². The summed E-state index contributed by atoms with van der Waals surface area (Å²) in [6.45, 7) is 10.5. The van der Waals surface area contributed by atoms with Crippen LogP contribution in [0.3, 0.4) is 0 Å². The molecule has 0 aliphatic carbocycles. The molecule has 6 rings (SSSR count). The lowest BCUT2D eigenvalue weighted by Gasteiger charge is -2.35. The number of allylic oxidation sites excluding steroid dienone is 2. The van der Waals surface area contributed by atoms with Gasteiger partial charge in [-0.05, 0) is 80.1 Å². The number of carbonyl (C=O) groups excluding carboxylic acids is 3. The van der Waals surface area contributed by atoms with Crippen molar-refractivity contribution in [1.29, 1.82) is 0 Å². The van der Waals surface area contributed by atoms with Gasteiger partial charge >= 0.3 is 6.03 Å². The Bertz CT molecular complexity index is 2340. The second-order valence-electron chi connectivity index (χ2n) is 14.9. The number of benzene rings is 3. The van der Waals surface area contributed by atoms with E-state index in [9.17, 15) is 14.4 Å². The van der Waals surface area contributed by atoms with Crippen LogP contribution in [-0.4, -0.2) is 56.5 Å². The van der Waals surface area contributed by atoms with Crippen molar-refractivity contribution in [3.8, 4) is 0 Å². The Balaban J connectivity index is 1.17. The fourth-order valence-corrected chi connectivity index (χ4v) is 6.68. The zero-order chi connectivity index (χ0) is 41.9. The highest BCUT2D eigenvalue weighted by atomic mass is 16.2. The minimum absolute atomic E-state index is 0.0127. The van der Waals surface area contributed by atoms with Crippen molar-refractivity contribution in [2.24, 2.45) is 10.9 Å². The number of fused-ring (bicyclic) bond motifs is 1. The van der Waals surface area contributed by atoms with Crippen LogP contribution in [0.1, 0.15) is 61.6 Å². The molecular weight excluding hydrogens is 739 g/mol. The van der Waals surface area contributed by atoms with Gasteiger partial charge in [0.2, 0.25) is 11.9 Å². The van der Waals surface area contributed by atoms with Gasteiger partial charge in [-0.1, -0.05) is 92.7 Å². The van der Waals surface area contributed by atoms with Crippen molar-refractivity contribution < 1.29 is 14.4 Å². The van der Waals surface area contributed by atoms with E-state index in [-0.39, 0.29) is 36.7 Å². The smallest absolute Gasteiger partial charge is 0.326 e. The van der Waals surface area contributed by atoms with Crippen molar-refractivity contribution in [3.63, 3.8) is 0 Å². The number of hydrogen-bond donors (Lipinski definition) is 2. The predicted octanol–water partition coefficient (Wildman–Crippen LogP) is 9.16. The van der Waals surface area contributed by atoms with E-state index < -0.39 is 6.04 Å². The second-order valence-corrected chi connectivity index (χ2v) is 14.9. The van der Waals surface area contributed by atoms with Crippen molar-refractivity contribution >= 4 is 52.4 Å². The molecule has 3 aromatic carbocycles. The third-order valence-electron chi connectivity index (χ3n) is 9.69. The molecule has 4 amide bonds. The fourth-order valence-electron chi connectivity index (χ4n) is 6.68. The van der Waals surface area contributed by atoms with Gasteiger partial charge in [0.05, 0.1) is 36.4 Å². The van der Waals surface area contributed by atoms with Crippen LogP contribution in [0, 0.1) is 19.8 Å².